The summed E-state index contributed by atoms with van der Waals surface area (Å²) in [4.78, 5) is 0. The molecule has 4 heteroatoms. The first-order valence-electron chi connectivity index (χ1n) is 44.0. The number of rotatable bonds is 60. The predicted molar refractivity (Wildman–Crippen MR) is 476 cm³/mol. The highest BCUT2D eigenvalue weighted by molar-refractivity contribution is 5.75. The van der Waals surface area contributed by atoms with Gasteiger partial charge in [0.25, 0.3) is 0 Å². The maximum Gasteiger partial charge on any atom is 0.119 e. The molecule has 4 nitrogen and oxygen atoms in total. The van der Waals surface area contributed by atoms with Gasteiger partial charge in [-0.1, -0.05) is 453 Å². The number of unbranched alkanes of at least 4 members (excludes halogenated alkanes) is 36. The molecule has 0 unspecified atom stereocenters. The summed E-state index contributed by atoms with van der Waals surface area (Å²) in [6, 6.07) is 71.3. The normalized spacial score (nSPS) is 11.9. The van der Waals surface area contributed by atoms with E-state index in [9.17, 15) is 0 Å². The van der Waals surface area contributed by atoms with Crippen molar-refractivity contribution in [1.29, 1.82) is 0 Å². The topological polar surface area (TPSA) is 36.9 Å². The maximum absolute atomic E-state index is 6.21. The molecule has 0 bridgehead atoms. The highest BCUT2D eigenvalue weighted by Crippen LogP contribution is 2.46. The number of benzene rings is 8. The van der Waals surface area contributed by atoms with Gasteiger partial charge in [0.05, 0.1) is 31.8 Å². The number of hydrogen-bond donors (Lipinski definition) is 0. The van der Waals surface area contributed by atoms with Crippen LogP contribution in [0.15, 0.2) is 194 Å². The van der Waals surface area contributed by atoms with Crippen LogP contribution in [0.25, 0.3) is 48.6 Å². The zero-order valence-electron chi connectivity index (χ0n) is 68.3. The molecule has 0 aliphatic carbocycles. The average Bonchev–Trinajstić information content (AvgIpc) is 0.733. The second kappa shape index (κ2) is 54.5. The van der Waals surface area contributed by atoms with Gasteiger partial charge in [0, 0.05) is 0 Å². The number of ether oxygens (including phenoxy) is 4. The average molecular weight is 1470 g/mol. The Kier molecular flexibility index (Phi) is 43.3. The molecule has 0 spiro atoms. The molecule has 0 heterocycles. The summed E-state index contributed by atoms with van der Waals surface area (Å²) in [5.41, 5.74) is 13.2. The van der Waals surface area contributed by atoms with Crippen molar-refractivity contribution in [2.45, 2.75) is 290 Å². The van der Waals surface area contributed by atoms with Gasteiger partial charge in [0.1, 0.15) is 23.0 Å². The van der Waals surface area contributed by atoms with Crippen molar-refractivity contribution in [3.63, 3.8) is 0 Å². The molecule has 8 rings (SSSR count). The van der Waals surface area contributed by atoms with E-state index in [1.165, 1.54) is 253 Å². The van der Waals surface area contributed by atoms with Gasteiger partial charge < -0.3 is 18.9 Å². The molecule has 0 N–H and O–H groups in total. The third-order valence-corrected chi connectivity index (χ3v) is 21.8. The SMILES string of the molecule is CCCCCCCCCCCCOc1ccc(/C=C/c2ccc(C(c3ccc(/C=C/c4ccc(OCCCCCCCCCCCC)cc4)cc3)(c3ccc(/C=C/c4ccc(OCCCCCCCCCCCC)cc4)cc3)c3ccc(/C=C/c4ccc(OCCCCCCCCCCCC)cc4)cc3)cc2)cc1. The molecular weight excluding hydrogens is 1330 g/mol. The molecule has 0 fully saturated rings. The van der Waals surface area contributed by atoms with Crippen LogP contribution in [0.3, 0.4) is 0 Å². The highest BCUT2D eigenvalue weighted by Gasteiger charge is 2.38. The van der Waals surface area contributed by atoms with Crippen molar-refractivity contribution in [2.24, 2.45) is 0 Å². The Bertz CT molecular complexity index is 3190. The largest absolute Gasteiger partial charge is 0.494 e. The molecule has 0 atom stereocenters. The van der Waals surface area contributed by atoms with Gasteiger partial charge in [0.15, 0.2) is 0 Å². The fourth-order valence-electron chi connectivity index (χ4n) is 15.0. The van der Waals surface area contributed by atoms with E-state index in [0.717, 1.165) is 120 Å². The lowest BCUT2D eigenvalue weighted by Crippen LogP contribution is -2.31. The van der Waals surface area contributed by atoms with Gasteiger partial charge in [-0.15, -0.1) is 0 Å². The zero-order chi connectivity index (χ0) is 76.0. The van der Waals surface area contributed by atoms with Gasteiger partial charge in [-0.2, -0.15) is 0 Å². The molecule has 109 heavy (non-hydrogen) atoms. The van der Waals surface area contributed by atoms with Gasteiger partial charge in [-0.25, -0.2) is 0 Å². The fourth-order valence-corrected chi connectivity index (χ4v) is 15.0. The minimum absolute atomic E-state index is 0.699. The van der Waals surface area contributed by atoms with E-state index >= 15 is 0 Å². The Labute approximate surface area is 663 Å². The van der Waals surface area contributed by atoms with E-state index in [1.807, 2.05) is 0 Å². The Hall–Kier alpha value is -8.08. The molecule has 0 aromatic heterocycles. The van der Waals surface area contributed by atoms with E-state index in [0.29, 0.717) is 0 Å². The summed E-state index contributed by atoms with van der Waals surface area (Å²) < 4.78 is 24.9. The van der Waals surface area contributed by atoms with Crippen LogP contribution >= 0.6 is 0 Å². The third kappa shape index (κ3) is 34.0. The molecule has 8 aromatic rings. The Morgan fingerprint density at radius 2 is 0.294 bits per heavy atom. The molecule has 0 aliphatic heterocycles. The van der Waals surface area contributed by atoms with Gasteiger partial charge in [-0.3, -0.25) is 0 Å². The molecule has 0 aliphatic rings. The molecule has 0 saturated carbocycles. The van der Waals surface area contributed by atoms with Crippen molar-refractivity contribution in [2.75, 3.05) is 26.4 Å². The maximum atomic E-state index is 6.21. The lowest BCUT2D eigenvalue weighted by molar-refractivity contribution is 0.304. The van der Waals surface area contributed by atoms with Crippen LogP contribution in [-0.2, 0) is 5.41 Å². The molecule has 584 valence electrons. The molecule has 0 saturated heterocycles. The van der Waals surface area contributed by atoms with Crippen molar-refractivity contribution in [1.82, 2.24) is 0 Å². The molecule has 8 aromatic carbocycles. The van der Waals surface area contributed by atoms with Gasteiger partial charge in [-0.05, 0) is 141 Å². The predicted octanol–water partition coefficient (Wildman–Crippen LogP) is 31.9. The van der Waals surface area contributed by atoms with E-state index in [2.05, 4.69) is 270 Å². The van der Waals surface area contributed by atoms with E-state index in [1.54, 1.807) is 0 Å². The number of hydrogen-bond acceptors (Lipinski definition) is 4. The Balaban J connectivity index is 1.00. The van der Waals surface area contributed by atoms with Crippen molar-refractivity contribution in [3.05, 3.63) is 261 Å². The summed E-state index contributed by atoms with van der Waals surface area (Å²) in [7, 11) is 0. The smallest absolute Gasteiger partial charge is 0.119 e. The van der Waals surface area contributed by atoms with Crippen LogP contribution < -0.4 is 18.9 Å². The van der Waals surface area contributed by atoms with Gasteiger partial charge >= 0.3 is 0 Å². The molecular formula is C105H140O4. The van der Waals surface area contributed by atoms with Crippen molar-refractivity contribution < 1.29 is 18.9 Å². The Morgan fingerprint density at radius 3 is 0.440 bits per heavy atom. The van der Waals surface area contributed by atoms with Crippen LogP contribution in [0.5, 0.6) is 23.0 Å². The zero-order valence-corrected chi connectivity index (χ0v) is 68.3. The van der Waals surface area contributed by atoms with Gasteiger partial charge in [0.2, 0.25) is 0 Å². The lowest BCUT2D eigenvalue weighted by atomic mass is 9.64. The summed E-state index contributed by atoms with van der Waals surface area (Å²) in [5, 5.41) is 0. The molecule has 0 radical (unpaired) electrons. The summed E-state index contributed by atoms with van der Waals surface area (Å²) in [6.07, 6.45) is 70.6. The van der Waals surface area contributed by atoms with Crippen LogP contribution in [0.2, 0.25) is 0 Å². The van der Waals surface area contributed by atoms with E-state index < -0.39 is 5.41 Å². The quantitative estimate of drug-likeness (QED) is 0.0216. The Morgan fingerprint density at radius 1 is 0.165 bits per heavy atom. The first-order valence-corrected chi connectivity index (χ1v) is 44.0. The summed E-state index contributed by atoms with van der Waals surface area (Å²) in [6.45, 7) is 12.2. The first-order chi connectivity index (χ1) is 53.9. The van der Waals surface area contributed by atoms with Crippen molar-refractivity contribution >= 4 is 48.6 Å². The van der Waals surface area contributed by atoms with Crippen LogP contribution in [0, 0.1) is 0 Å². The van der Waals surface area contributed by atoms with Crippen LogP contribution in [0.4, 0.5) is 0 Å². The monoisotopic (exact) mass is 1470 g/mol. The van der Waals surface area contributed by atoms with Crippen LogP contribution in [-0.4, -0.2) is 26.4 Å². The van der Waals surface area contributed by atoms with E-state index in [4.69, 9.17) is 18.9 Å². The van der Waals surface area contributed by atoms with Crippen LogP contribution in [0.1, 0.15) is 351 Å². The molecule has 0 amide bonds. The summed E-state index contributed by atoms with van der Waals surface area (Å²) >= 11 is 0. The third-order valence-electron chi connectivity index (χ3n) is 21.8. The first kappa shape index (κ1) is 86.5. The fraction of sp³-hybridized carbons (Fsp3) is 0.467. The highest BCUT2D eigenvalue weighted by atomic mass is 16.5. The standard InChI is InChI=1S/C105H140O4/c1-5-9-13-17-21-25-29-33-37-41-85-106-101-77-61-93(62-78-101)49-45-89-53-69-97(70-54-89)105(98-71-55-90(56-72-98)46-50-94-63-79-102(80-64-94)107-86-42-38-34-30-26-22-18-14-10-6-2,99-73-57-91(58-74-99)47-51-95-65-81-103(82-66-95)108-87-43-39-35-31-27-23-19-15-11-7-3)100-75-59-92(60-76-100)48-52-96-67-83-104(84-68-96)109-88-44-40-36-32-28-24-20-16-12-8-4/h45-84H,5-44,85-88H2,1-4H3/b49-45+,50-46+,51-47+,52-48+. The minimum atomic E-state index is -0.699. The minimum Gasteiger partial charge on any atom is -0.494 e. The van der Waals surface area contributed by atoms with E-state index in [-0.39, 0.29) is 0 Å². The van der Waals surface area contributed by atoms with Crippen molar-refractivity contribution in [3.8, 4) is 23.0 Å². The summed E-state index contributed by atoms with van der Waals surface area (Å²) in [5.74, 6) is 3.75. The lowest BCUT2D eigenvalue weighted by Gasteiger charge is -2.37. The second-order valence-electron chi connectivity index (χ2n) is 31.0. The second-order valence-corrected chi connectivity index (χ2v) is 31.0.